The molecule has 114 valence electrons. The van der Waals surface area contributed by atoms with E-state index in [1.165, 1.54) is 5.75 Å². The Morgan fingerprint density at radius 1 is 1.23 bits per heavy atom. The first-order chi connectivity index (χ1) is 10.9. The van der Waals surface area contributed by atoms with Crippen molar-refractivity contribution in [2.75, 3.05) is 30.5 Å². The van der Waals surface area contributed by atoms with E-state index in [4.69, 9.17) is 14.6 Å². The molecule has 2 aromatic rings. The zero-order chi connectivity index (χ0) is 14.8. The van der Waals surface area contributed by atoms with Crippen LogP contribution in [0.5, 0.6) is 11.5 Å². The lowest BCUT2D eigenvalue weighted by Gasteiger charge is -2.18. The minimum Gasteiger partial charge on any atom is -0.485 e. The Morgan fingerprint density at radius 3 is 2.86 bits per heavy atom. The van der Waals surface area contributed by atoms with Crippen molar-refractivity contribution in [3.8, 4) is 11.5 Å². The summed E-state index contributed by atoms with van der Waals surface area (Å²) in [6, 6.07) is 10.3. The van der Waals surface area contributed by atoms with Crippen molar-refractivity contribution in [2.45, 2.75) is 5.25 Å². The summed E-state index contributed by atoms with van der Waals surface area (Å²) in [5.74, 6) is 2.89. The van der Waals surface area contributed by atoms with Gasteiger partial charge in [0.15, 0.2) is 11.5 Å². The number of benzene rings is 1. The van der Waals surface area contributed by atoms with Gasteiger partial charge in [-0.05, 0) is 12.1 Å². The predicted octanol–water partition coefficient (Wildman–Crippen LogP) is 3.48. The van der Waals surface area contributed by atoms with Gasteiger partial charge in [0.1, 0.15) is 13.2 Å². The molecule has 1 aromatic heterocycles. The van der Waals surface area contributed by atoms with Crippen molar-refractivity contribution in [2.24, 2.45) is 5.10 Å². The van der Waals surface area contributed by atoms with Gasteiger partial charge in [-0.3, -0.25) is 5.01 Å². The van der Waals surface area contributed by atoms with E-state index in [2.05, 4.69) is 17.1 Å². The van der Waals surface area contributed by atoms with E-state index in [1.807, 2.05) is 41.6 Å². The molecule has 1 atom stereocenters. The molecule has 0 saturated carbocycles. The Kier molecular flexibility index (Phi) is 3.95. The summed E-state index contributed by atoms with van der Waals surface area (Å²) in [6.07, 6.45) is 1.89. The standard InChI is InChI=1S/C16H16N2O2S2/c1-2-4-12(5-3-1)18(9-13-10-21-13)17-8-15-16-14(11-22-15)19-6-7-20-16/h1-5,8,11,13H,6-7,9-10H2/b17-8+. The number of para-hydroxylation sites is 1. The largest absolute Gasteiger partial charge is 0.485 e. The van der Waals surface area contributed by atoms with Gasteiger partial charge in [0, 0.05) is 16.4 Å². The van der Waals surface area contributed by atoms with Crippen LogP contribution in [0.3, 0.4) is 0 Å². The molecule has 1 unspecified atom stereocenters. The van der Waals surface area contributed by atoms with Gasteiger partial charge in [0.25, 0.3) is 0 Å². The molecule has 4 rings (SSSR count). The van der Waals surface area contributed by atoms with Crippen LogP contribution < -0.4 is 14.5 Å². The van der Waals surface area contributed by atoms with Crippen LogP contribution in [0.1, 0.15) is 4.88 Å². The molecular weight excluding hydrogens is 316 g/mol. The Morgan fingerprint density at radius 2 is 2.05 bits per heavy atom. The third-order valence-corrected chi connectivity index (χ3v) is 5.31. The number of ether oxygens (including phenoxy) is 2. The average molecular weight is 332 g/mol. The zero-order valence-electron chi connectivity index (χ0n) is 12.0. The zero-order valence-corrected chi connectivity index (χ0v) is 13.6. The first-order valence-electron chi connectivity index (χ1n) is 7.25. The van der Waals surface area contributed by atoms with E-state index >= 15 is 0 Å². The second kappa shape index (κ2) is 6.22. The number of hydrogen-bond acceptors (Lipinski definition) is 6. The van der Waals surface area contributed by atoms with Crippen molar-refractivity contribution >= 4 is 35.0 Å². The number of hydrazone groups is 1. The Balaban J connectivity index is 1.56. The van der Waals surface area contributed by atoms with Crippen LogP contribution in [-0.2, 0) is 0 Å². The molecule has 6 heteroatoms. The van der Waals surface area contributed by atoms with Gasteiger partial charge in [-0.25, -0.2) is 0 Å². The maximum absolute atomic E-state index is 5.70. The first-order valence-corrected chi connectivity index (χ1v) is 9.18. The van der Waals surface area contributed by atoms with E-state index in [9.17, 15) is 0 Å². The predicted molar refractivity (Wildman–Crippen MR) is 92.9 cm³/mol. The fourth-order valence-electron chi connectivity index (χ4n) is 2.28. The lowest BCUT2D eigenvalue weighted by molar-refractivity contribution is 0.173. The highest BCUT2D eigenvalue weighted by Gasteiger charge is 2.25. The molecule has 0 spiro atoms. The lowest BCUT2D eigenvalue weighted by Crippen LogP contribution is -2.21. The van der Waals surface area contributed by atoms with Gasteiger partial charge in [0.05, 0.1) is 23.3 Å². The molecule has 0 amide bonds. The second-order valence-corrected chi connectivity index (χ2v) is 7.35. The van der Waals surface area contributed by atoms with Gasteiger partial charge in [0.2, 0.25) is 0 Å². The molecular formula is C16H16N2O2S2. The Hall–Kier alpha value is -1.66. The van der Waals surface area contributed by atoms with Gasteiger partial charge in [-0.2, -0.15) is 16.9 Å². The molecule has 1 aromatic carbocycles. The number of nitrogens with zero attached hydrogens (tertiary/aromatic N) is 2. The molecule has 0 bridgehead atoms. The van der Waals surface area contributed by atoms with Gasteiger partial charge in [-0.1, -0.05) is 18.2 Å². The number of anilines is 1. The third-order valence-electron chi connectivity index (χ3n) is 3.48. The second-order valence-electron chi connectivity index (χ2n) is 5.11. The van der Waals surface area contributed by atoms with Crippen LogP contribution in [0.25, 0.3) is 0 Å². The summed E-state index contributed by atoms with van der Waals surface area (Å²) in [4.78, 5) is 1.01. The quantitative estimate of drug-likeness (QED) is 0.477. The van der Waals surface area contributed by atoms with Crippen LogP contribution in [0, 0.1) is 0 Å². The van der Waals surface area contributed by atoms with E-state index in [1.54, 1.807) is 11.3 Å². The summed E-state index contributed by atoms with van der Waals surface area (Å²) in [5.41, 5.74) is 1.12. The maximum atomic E-state index is 5.70. The van der Waals surface area contributed by atoms with Crippen LogP contribution in [0.15, 0.2) is 40.8 Å². The van der Waals surface area contributed by atoms with Gasteiger partial charge in [-0.15, -0.1) is 11.3 Å². The summed E-state index contributed by atoms with van der Waals surface area (Å²) >= 11 is 3.59. The number of rotatable bonds is 5. The van der Waals surface area contributed by atoms with Crippen LogP contribution in [-0.4, -0.2) is 37.0 Å². The van der Waals surface area contributed by atoms with Crippen molar-refractivity contribution < 1.29 is 9.47 Å². The molecule has 1 saturated heterocycles. The van der Waals surface area contributed by atoms with E-state index in [0.717, 1.165) is 28.6 Å². The monoisotopic (exact) mass is 332 g/mol. The highest BCUT2D eigenvalue weighted by atomic mass is 32.2. The fourth-order valence-corrected chi connectivity index (χ4v) is 3.55. The van der Waals surface area contributed by atoms with E-state index in [0.29, 0.717) is 18.5 Å². The Bertz CT molecular complexity index is 668. The molecule has 1 fully saturated rings. The number of fused-ring (bicyclic) bond motifs is 1. The molecule has 4 nitrogen and oxygen atoms in total. The van der Waals surface area contributed by atoms with Gasteiger partial charge >= 0.3 is 0 Å². The van der Waals surface area contributed by atoms with Gasteiger partial charge < -0.3 is 9.47 Å². The Labute approximate surface area is 137 Å². The first kappa shape index (κ1) is 14.0. The van der Waals surface area contributed by atoms with E-state index in [-0.39, 0.29) is 0 Å². The minimum atomic E-state index is 0.603. The van der Waals surface area contributed by atoms with E-state index < -0.39 is 0 Å². The fraction of sp³-hybridized carbons (Fsp3) is 0.312. The van der Waals surface area contributed by atoms with Crippen molar-refractivity contribution in [1.29, 1.82) is 0 Å². The number of thioether (sulfide) groups is 1. The number of hydrogen-bond donors (Lipinski definition) is 0. The molecule has 2 aliphatic rings. The molecule has 0 aliphatic carbocycles. The topological polar surface area (TPSA) is 34.1 Å². The molecule has 2 aliphatic heterocycles. The average Bonchev–Trinajstić information content (AvgIpc) is 3.30. The van der Waals surface area contributed by atoms with Crippen molar-refractivity contribution in [3.63, 3.8) is 0 Å². The summed E-state index contributed by atoms with van der Waals surface area (Å²) in [6.45, 7) is 2.16. The van der Waals surface area contributed by atoms with Crippen molar-refractivity contribution in [1.82, 2.24) is 0 Å². The minimum absolute atomic E-state index is 0.603. The molecule has 3 heterocycles. The normalized spacial score (nSPS) is 19.4. The van der Waals surface area contributed by atoms with Crippen LogP contribution in [0.4, 0.5) is 5.69 Å². The summed E-state index contributed by atoms with van der Waals surface area (Å²) < 4.78 is 11.3. The highest BCUT2D eigenvalue weighted by molar-refractivity contribution is 8.06. The van der Waals surface area contributed by atoms with Crippen LogP contribution >= 0.6 is 23.1 Å². The number of thiophene rings is 1. The molecule has 0 radical (unpaired) electrons. The smallest absolute Gasteiger partial charge is 0.180 e. The van der Waals surface area contributed by atoms with Crippen molar-refractivity contribution in [3.05, 3.63) is 40.6 Å². The SMILES string of the molecule is C(=N\N(CC1CS1)c1ccccc1)/c1scc2c1OCCO2. The summed E-state index contributed by atoms with van der Waals surface area (Å²) in [7, 11) is 0. The lowest BCUT2D eigenvalue weighted by atomic mass is 10.3. The molecule has 0 N–H and O–H groups in total. The summed E-state index contributed by atoms with van der Waals surface area (Å²) in [5, 5.41) is 9.44. The highest BCUT2D eigenvalue weighted by Crippen LogP contribution is 2.38. The maximum Gasteiger partial charge on any atom is 0.180 e. The molecule has 22 heavy (non-hydrogen) atoms. The van der Waals surface area contributed by atoms with Crippen LogP contribution in [0.2, 0.25) is 0 Å². The third kappa shape index (κ3) is 3.08.